The van der Waals surface area contributed by atoms with Gasteiger partial charge in [-0.1, -0.05) is 41.5 Å². The van der Waals surface area contributed by atoms with E-state index >= 15 is 0 Å². The van der Waals surface area contributed by atoms with Crippen LogP contribution >= 0.6 is 0 Å². The standard InChI is InChI=1S/C7H14O.2C2H6/c1-6(2)7-4-3-5-8-7;2*1-2/h6-7H,3-5H2,1-2H3;2*1-2H3. The largest absolute Gasteiger partial charge is 0.378 e. The molecule has 0 bridgehead atoms. The zero-order valence-corrected chi connectivity index (χ0v) is 9.68. The van der Waals surface area contributed by atoms with E-state index in [1.165, 1.54) is 12.8 Å². The molecule has 1 rings (SSSR count). The highest BCUT2D eigenvalue weighted by Gasteiger charge is 2.17. The van der Waals surface area contributed by atoms with Gasteiger partial charge < -0.3 is 4.74 Å². The fourth-order valence-corrected chi connectivity index (χ4v) is 1.13. The van der Waals surface area contributed by atoms with Gasteiger partial charge in [0.2, 0.25) is 0 Å². The van der Waals surface area contributed by atoms with Crippen molar-refractivity contribution in [3.63, 3.8) is 0 Å². The third-order valence-electron chi connectivity index (χ3n) is 1.71. The Bertz CT molecular complexity index is 63.4. The van der Waals surface area contributed by atoms with Crippen LogP contribution in [0.15, 0.2) is 0 Å². The maximum absolute atomic E-state index is 5.41. The summed E-state index contributed by atoms with van der Waals surface area (Å²) in [5.41, 5.74) is 0. The lowest BCUT2D eigenvalue weighted by molar-refractivity contribution is 0.0758. The predicted molar refractivity (Wildman–Crippen MR) is 56.5 cm³/mol. The summed E-state index contributed by atoms with van der Waals surface area (Å²) in [4.78, 5) is 0. The molecular weight excluding hydrogens is 148 g/mol. The molecule has 76 valence electrons. The van der Waals surface area contributed by atoms with Crippen LogP contribution in [0, 0.1) is 5.92 Å². The molecule has 0 radical (unpaired) electrons. The summed E-state index contributed by atoms with van der Waals surface area (Å²) in [5, 5.41) is 0. The third kappa shape index (κ3) is 6.66. The number of rotatable bonds is 1. The SMILES string of the molecule is CC.CC.CC(C)C1CCCO1. The molecule has 12 heavy (non-hydrogen) atoms. The van der Waals surface area contributed by atoms with E-state index in [0.717, 1.165) is 12.5 Å². The van der Waals surface area contributed by atoms with Crippen molar-refractivity contribution in [3.05, 3.63) is 0 Å². The Kier molecular flexibility index (Phi) is 13.2. The molecule has 0 spiro atoms. The van der Waals surface area contributed by atoms with Crippen LogP contribution in [-0.2, 0) is 4.74 Å². The fourth-order valence-electron chi connectivity index (χ4n) is 1.13. The summed E-state index contributed by atoms with van der Waals surface area (Å²) in [6, 6.07) is 0. The van der Waals surface area contributed by atoms with E-state index in [-0.39, 0.29) is 0 Å². The molecule has 1 heterocycles. The summed E-state index contributed by atoms with van der Waals surface area (Å²) in [6.07, 6.45) is 3.11. The summed E-state index contributed by atoms with van der Waals surface area (Å²) >= 11 is 0. The Balaban J connectivity index is 0. The molecule has 1 nitrogen and oxygen atoms in total. The predicted octanol–water partition coefficient (Wildman–Crippen LogP) is 3.87. The second-order valence-electron chi connectivity index (χ2n) is 2.80. The first-order chi connectivity index (χ1) is 5.80. The molecule has 1 aliphatic heterocycles. The zero-order valence-electron chi connectivity index (χ0n) is 9.68. The van der Waals surface area contributed by atoms with Crippen LogP contribution in [0.3, 0.4) is 0 Å². The Morgan fingerprint density at radius 1 is 1.08 bits per heavy atom. The van der Waals surface area contributed by atoms with E-state index < -0.39 is 0 Å². The van der Waals surface area contributed by atoms with Crippen molar-refractivity contribution >= 4 is 0 Å². The summed E-state index contributed by atoms with van der Waals surface area (Å²) in [7, 11) is 0. The maximum atomic E-state index is 5.41. The lowest BCUT2D eigenvalue weighted by atomic mass is 10.1. The fraction of sp³-hybridized carbons (Fsp3) is 1.00. The molecule has 1 unspecified atom stereocenters. The molecule has 0 aromatic rings. The van der Waals surface area contributed by atoms with Crippen LogP contribution in [0.25, 0.3) is 0 Å². The Morgan fingerprint density at radius 3 is 1.75 bits per heavy atom. The molecule has 0 amide bonds. The zero-order chi connectivity index (χ0) is 9.98. The molecule has 1 heteroatoms. The van der Waals surface area contributed by atoms with E-state index in [1.54, 1.807) is 0 Å². The topological polar surface area (TPSA) is 9.23 Å². The lowest BCUT2D eigenvalue weighted by Crippen LogP contribution is -2.12. The van der Waals surface area contributed by atoms with Gasteiger partial charge in [-0.15, -0.1) is 0 Å². The van der Waals surface area contributed by atoms with Crippen LogP contribution < -0.4 is 0 Å². The van der Waals surface area contributed by atoms with Crippen LogP contribution in [0.1, 0.15) is 54.4 Å². The van der Waals surface area contributed by atoms with Crippen LogP contribution in [0.2, 0.25) is 0 Å². The molecule has 1 aliphatic rings. The van der Waals surface area contributed by atoms with E-state index in [9.17, 15) is 0 Å². The number of hydrogen-bond acceptors (Lipinski definition) is 1. The molecule has 0 N–H and O–H groups in total. The van der Waals surface area contributed by atoms with Crippen molar-refractivity contribution in [2.24, 2.45) is 5.92 Å². The Hall–Kier alpha value is -0.0400. The highest BCUT2D eigenvalue weighted by molar-refractivity contribution is 4.67. The second-order valence-corrected chi connectivity index (χ2v) is 2.80. The molecule has 1 fully saturated rings. The minimum absolute atomic E-state index is 0.565. The normalized spacial score (nSPS) is 20.8. The van der Waals surface area contributed by atoms with Crippen LogP contribution in [0.4, 0.5) is 0 Å². The first-order valence-electron chi connectivity index (χ1n) is 5.42. The minimum atomic E-state index is 0.565. The van der Waals surface area contributed by atoms with Gasteiger partial charge in [-0.05, 0) is 18.8 Å². The first kappa shape index (κ1) is 14.5. The van der Waals surface area contributed by atoms with Crippen molar-refractivity contribution in [1.29, 1.82) is 0 Å². The molecule has 0 saturated carbocycles. The smallest absolute Gasteiger partial charge is 0.0598 e. The molecule has 1 saturated heterocycles. The average Bonchev–Trinajstić information content (AvgIpc) is 2.64. The highest BCUT2D eigenvalue weighted by atomic mass is 16.5. The van der Waals surface area contributed by atoms with E-state index in [0.29, 0.717) is 6.10 Å². The summed E-state index contributed by atoms with van der Waals surface area (Å²) < 4.78 is 5.41. The minimum Gasteiger partial charge on any atom is -0.378 e. The monoisotopic (exact) mass is 174 g/mol. The second kappa shape index (κ2) is 11.0. The van der Waals surface area contributed by atoms with Crippen molar-refractivity contribution in [1.82, 2.24) is 0 Å². The van der Waals surface area contributed by atoms with Crippen LogP contribution in [0.5, 0.6) is 0 Å². The average molecular weight is 174 g/mol. The molecule has 0 aromatic carbocycles. The van der Waals surface area contributed by atoms with E-state index in [1.807, 2.05) is 27.7 Å². The van der Waals surface area contributed by atoms with Crippen molar-refractivity contribution in [2.75, 3.05) is 6.61 Å². The third-order valence-corrected chi connectivity index (χ3v) is 1.71. The quantitative estimate of drug-likeness (QED) is 0.586. The molecule has 0 aliphatic carbocycles. The molecule has 1 atom stereocenters. The van der Waals surface area contributed by atoms with Gasteiger partial charge >= 0.3 is 0 Å². The summed E-state index contributed by atoms with van der Waals surface area (Å²) in [6.45, 7) is 13.4. The number of hydrogen-bond donors (Lipinski definition) is 0. The van der Waals surface area contributed by atoms with Gasteiger partial charge in [-0.3, -0.25) is 0 Å². The first-order valence-corrected chi connectivity index (χ1v) is 5.42. The van der Waals surface area contributed by atoms with E-state index in [4.69, 9.17) is 4.74 Å². The van der Waals surface area contributed by atoms with Crippen molar-refractivity contribution < 1.29 is 4.74 Å². The highest BCUT2D eigenvalue weighted by Crippen LogP contribution is 2.18. The van der Waals surface area contributed by atoms with Gasteiger partial charge in [0.25, 0.3) is 0 Å². The Morgan fingerprint density at radius 2 is 1.58 bits per heavy atom. The molecule has 0 aromatic heterocycles. The summed E-state index contributed by atoms with van der Waals surface area (Å²) in [5.74, 6) is 0.720. The van der Waals surface area contributed by atoms with Crippen molar-refractivity contribution in [3.8, 4) is 0 Å². The number of ether oxygens (including phenoxy) is 1. The van der Waals surface area contributed by atoms with Gasteiger partial charge in [-0.25, -0.2) is 0 Å². The Labute approximate surface area is 78.5 Å². The molecular formula is C11H26O. The van der Waals surface area contributed by atoms with Gasteiger partial charge in [0, 0.05) is 6.61 Å². The van der Waals surface area contributed by atoms with Gasteiger partial charge in [-0.2, -0.15) is 0 Å². The maximum Gasteiger partial charge on any atom is 0.0598 e. The van der Waals surface area contributed by atoms with Gasteiger partial charge in [0.15, 0.2) is 0 Å². The van der Waals surface area contributed by atoms with Gasteiger partial charge in [0.1, 0.15) is 0 Å². The lowest BCUT2D eigenvalue weighted by Gasteiger charge is -2.11. The van der Waals surface area contributed by atoms with Crippen LogP contribution in [-0.4, -0.2) is 12.7 Å². The van der Waals surface area contributed by atoms with Gasteiger partial charge in [0.05, 0.1) is 6.10 Å². The van der Waals surface area contributed by atoms with E-state index in [2.05, 4.69) is 13.8 Å². The van der Waals surface area contributed by atoms with Crippen molar-refractivity contribution in [2.45, 2.75) is 60.5 Å².